The molecule has 8 heteroatoms. The number of rotatable bonds is 12. The molecule has 7 nitrogen and oxygen atoms in total. The summed E-state index contributed by atoms with van der Waals surface area (Å²) in [5.41, 5.74) is 0.408. The van der Waals surface area contributed by atoms with E-state index in [0.717, 1.165) is 23.9 Å². The van der Waals surface area contributed by atoms with E-state index in [1.165, 1.54) is 25.3 Å². The number of hydrogen-bond acceptors (Lipinski definition) is 4. The van der Waals surface area contributed by atoms with E-state index in [-0.39, 0.29) is 12.8 Å². The number of aromatic nitrogens is 2. The molecule has 1 fully saturated rings. The molecule has 2 amide bonds. The number of carbonyl (C=O) groups is 3. The Morgan fingerprint density at radius 3 is 2.30 bits per heavy atom. The van der Waals surface area contributed by atoms with Crippen molar-refractivity contribution in [3.63, 3.8) is 0 Å². The average Bonchev–Trinajstić information content (AvgIpc) is 3.42. The molecule has 0 aliphatic carbocycles. The summed E-state index contributed by atoms with van der Waals surface area (Å²) < 4.78 is 9.29. The maximum absolute atomic E-state index is 12.8. The van der Waals surface area contributed by atoms with Crippen molar-refractivity contribution in [2.45, 2.75) is 79.3 Å². The van der Waals surface area contributed by atoms with Gasteiger partial charge in [0.05, 0.1) is 0 Å². The van der Waals surface area contributed by atoms with Gasteiger partial charge >= 0.3 is 201 Å². The van der Waals surface area contributed by atoms with Crippen molar-refractivity contribution in [3.8, 4) is 0 Å². The topological polar surface area (TPSA) is 72.5 Å². The summed E-state index contributed by atoms with van der Waals surface area (Å²) in [5.74, 6) is -1.56. The van der Waals surface area contributed by atoms with E-state index >= 15 is 0 Å². The van der Waals surface area contributed by atoms with E-state index < -0.39 is 36.2 Å². The number of unbranched alkanes of at least 4 members (excludes halogenated alkanes) is 2. The minimum absolute atomic E-state index is 0.0916. The van der Waals surface area contributed by atoms with Crippen LogP contribution in [0.2, 0.25) is 8.87 Å². The third-order valence-electron chi connectivity index (χ3n) is 6.51. The summed E-state index contributed by atoms with van der Waals surface area (Å²) in [6, 6.07) is 7.80. The first-order valence-electron chi connectivity index (χ1n) is 12.2. The molecule has 178 valence electrons. The van der Waals surface area contributed by atoms with Crippen LogP contribution < -0.4 is 8.15 Å². The molecule has 0 N–H and O–H groups in total. The van der Waals surface area contributed by atoms with Crippen LogP contribution in [0.4, 0.5) is 0 Å². The van der Waals surface area contributed by atoms with Crippen molar-refractivity contribution in [1.82, 2.24) is 9.63 Å². The van der Waals surface area contributed by atoms with Crippen LogP contribution in [0.1, 0.15) is 69.7 Å². The molecule has 1 aliphatic rings. The second-order valence-electron chi connectivity index (χ2n) is 8.95. The van der Waals surface area contributed by atoms with E-state index in [1.54, 1.807) is 6.07 Å². The number of hydroxylamine groups is 2. The summed E-state index contributed by atoms with van der Waals surface area (Å²) in [5, 5.41) is 0.628. The van der Waals surface area contributed by atoms with Gasteiger partial charge in [-0.15, -0.1) is 0 Å². The third kappa shape index (κ3) is 6.25. The van der Waals surface area contributed by atoms with Gasteiger partial charge in [-0.3, -0.25) is 0 Å². The summed E-state index contributed by atoms with van der Waals surface area (Å²) in [6.07, 6.45) is 11.3. The van der Waals surface area contributed by atoms with Gasteiger partial charge in [0.15, 0.2) is 0 Å². The Kier molecular flexibility index (Phi) is 9.11. The Morgan fingerprint density at radius 1 is 1.06 bits per heavy atom. The molecule has 1 aromatic heterocycles. The zero-order valence-electron chi connectivity index (χ0n) is 20.1. The molecule has 0 radical (unpaired) electrons. The number of carbonyl (C=O) groups excluding carboxylic acids is 3. The molecule has 2 heterocycles. The van der Waals surface area contributed by atoms with Gasteiger partial charge in [0.2, 0.25) is 0 Å². The second kappa shape index (κ2) is 11.8. The van der Waals surface area contributed by atoms with Crippen LogP contribution in [0, 0.1) is 0 Å². The quantitative estimate of drug-likeness (QED) is 0.226. The zero-order valence-corrected chi connectivity index (χ0v) is 22.9. The number of aryl methyl sites for hydroxylation is 1. The number of amides is 2. The van der Waals surface area contributed by atoms with Gasteiger partial charge in [-0.05, 0) is 0 Å². The molecule has 0 saturated carbocycles. The summed E-state index contributed by atoms with van der Waals surface area (Å²) in [6.45, 7) is 7.54. The van der Waals surface area contributed by atoms with Crippen molar-refractivity contribution < 1.29 is 23.8 Å². The Bertz CT molecular complexity index is 964. The van der Waals surface area contributed by atoms with Crippen LogP contribution in [-0.4, -0.2) is 45.8 Å². The Balaban J connectivity index is 1.93. The zero-order chi connectivity index (χ0) is 23.8. The minimum atomic E-state index is -2.97. The van der Waals surface area contributed by atoms with Gasteiger partial charge in [0.25, 0.3) is 0 Å². The summed E-state index contributed by atoms with van der Waals surface area (Å²) in [4.78, 5) is 41.8. The average molecular weight is 561 g/mol. The fourth-order valence-electron chi connectivity index (χ4n) is 4.53. The number of hydrogen-bond donors (Lipinski definition) is 0. The van der Waals surface area contributed by atoms with Gasteiger partial charge in [0, 0.05) is 0 Å². The summed E-state index contributed by atoms with van der Waals surface area (Å²) >= 11 is -2.97. The Morgan fingerprint density at radius 2 is 1.73 bits per heavy atom. The van der Waals surface area contributed by atoms with E-state index in [2.05, 4.69) is 54.7 Å². The van der Waals surface area contributed by atoms with E-state index in [9.17, 15) is 14.4 Å². The van der Waals surface area contributed by atoms with Crippen molar-refractivity contribution >= 4 is 39.7 Å². The van der Waals surface area contributed by atoms with Crippen LogP contribution in [-0.2, 0) is 25.5 Å². The molecule has 0 spiro atoms. The van der Waals surface area contributed by atoms with Gasteiger partial charge in [-0.25, -0.2) is 0 Å². The molecule has 1 saturated heterocycles. The third-order valence-corrected chi connectivity index (χ3v) is 21.1. The molecule has 0 unspecified atom stereocenters. The molecule has 1 aliphatic heterocycles. The monoisotopic (exact) mass is 562 g/mol. The number of benzene rings is 1. The fourth-order valence-corrected chi connectivity index (χ4v) is 19.3. The van der Waals surface area contributed by atoms with E-state index in [0.29, 0.717) is 10.6 Å². The molecular weight excluding hydrogens is 525 g/mol. The first-order chi connectivity index (χ1) is 15.9. The molecule has 0 bridgehead atoms. The molecule has 33 heavy (non-hydrogen) atoms. The molecule has 0 atom stereocenters. The molecule has 3 rings (SSSR count). The normalized spacial score (nSPS) is 14.2. The fraction of sp³-hybridized carbons (Fsp3) is 0.520. The maximum atomic E-state index is 12.8. The second-order valence-corrected chi connectivity index (χ2v) is 21.7. The van der Waals surface area contributed by atoms with Crippen LogP contribution in [0.5, 0.6) is 0 Å². The van der Waals surface area contributed by atoms with Gasteiger partial charge in [-0.1, -0.05) is 0 Å². The van der Waals surface area contributed by atoms with Crippen molar-refractivity contribution in [2.75, 3.05) is 0 Å². The van der Waals surface area contributed by atoms with Crippen LogP contribution in [0.3, 0.4) is 0 Å². The van der Waals surface area contributed by atoms with E-state index in [1.807, 2.05) is 12.1 Å². The number of imide groups is 1. The number of nitrogens with zero attached hydrogens (tertiary/aromatic N) is 3. The molecule has 2 aromatic rings. The van der Waals surface area contributed by atoms with Crippen LogP contribution >= 0.6 is 0 Å². The molecular formula is C25H36N3O4Sn+. The molecule has 1 aromatic carbocycles. The van der Waals surface area contributed by atoms with Crippen molar-refractivity contribution in [1.29, 1.82) is 0 Å². The van der Waals surface area contributed by atoms with Crippen molar-refractivity contribution in [3.05, 3.63) is 48.5 Å². The van der Waals surface area contributed by atoms with E-state index in [4.69, 9.17) is 4.84 Å². The predicted octanol–water partition coefficient (Wildman–Crippen LogP) is 3.51. The Labute approximate surface area is 200 Å². The Hall–Kier alpha value is -2.16. The first kappa shape index (κ1) is 25.5. The SMILES string of the molecule is CCC[CH2][Sn]([CH2]CCC)([CH2][n+]1ccn(CC)c1)[c]1cccc(C(=O)ON2C(=O)CCC2=O)c1. The van der Waals surface area contributed by atoms with Gasteiger partial charge in [-0.2, -0.15) is 0 Å². The van der Waals surface area contributed by atoms with Crippen LogP contribution in [0.25, 0.3) is 0 Å². The predicted molar refractivity (Wildman–Crippen MR) is 128 cm³/mol. The first-order valence-corrected chi connectivity index (χ1v) is 19.6. The van der Waals surface area contributed by atoms with Crippen molar-refractivity contribution in [2.24, 2.45) is 0 Å². The summed E-state index contributed by atoms with van der Waals surface area (Å²) in [7, 11) is 0. The van der Waals surface area contributed by atoms with Gasteiger partial charge < -0.3 is 0 Å². The standard InChI is InChI=1S/C11H8NO4.C6H10N2.2C4H9.Sn/c13-9-6-7-10(14)12(9)16-11(15)8-4-2-1-3-5-8;1-3-8-5-4-7(2)6-8;2*1-3-4-2;/h1-2,4-5H,6-7H2;4-6H,2-3H2,1H3;2*1,3-4H2,2H3;/q;+1;;;. The van der Waals surface area contributed by atoms with Crippen LogP contribution in [0.15, 0.2) is 43.0 Å². The number of imidazole rings is 1. The van der Waals surface area contributed by atoms with Gasteiger partial charge in [0.1, 0.15) is 0 Å².